The number of ether oxygens (including phenoxy) is 1. The first-order chi connectivity index (χ1) is 7.04. The van der Waals surface area contributed by atoms with E-state index in [0.29, 0.717) is 5.56 Å². The molecule has 1 radical (unpaired) electrons. The number of rotatable bonds is 4. The molecule has 0 heterocycles. The first kappa shape index (κ1) is 11.5. The summed E-state index contributed by atoms with van der Waals surface area (Å²) in [6.07, 6.45) is -0.132. The minimum absolute atomic E-state index is 0.132. The second kappa shape index (κ2) is 4.75. The number of nitro benzene ring substituents is 1. The van der Waals surface area contributed by atoms with Gasteiger partial charge in [0.05, 0.1) is 11.0 Å². The van der Waals surface area contributed by atoms with E-state index < -0.39 is 4.92 Å². The largest absolute Gasteiger partial charge is 0.484 e. The molecule has 0 saturated carbocycles. The Morgan fingerprint density at radius 3 is 2.67 bits per heavy atom. The van der Waals surface area contributed by atoms with Crippen LogP contribution >= 0.6 is 0 Å². The van der Waals surface area contributed by atoms with Crippen LogP contribution in [0.2, 0.25) is 0 Å². The number of aliphatic hydroxyl groups is 1. The summed E-state index contributed by atoms with van der Waals surface area (Å²) in [6, 6.07) is 4.28. The van der Waals surface area contributed by atoms with Crippen molar-refractivity contribution in [1.82, 2.24) is 0 Å². The van der Waals surface area contributed by atoms with Crippen LogP contribution in [-0.2, 0) is 0 Å². The van der Waals surface area contributed by atoms with Gasteiger partial charge >= 0.3 is 5.69 Å². The third-order valence-corrected chi connectivity index (χ3v) is 1.69. The summed E-state index contributed by atoms with van der Waals surface area (Å²) in [5.74, 6) is 0.209. The minimum Gasteiger partial charge on any atom is -0.484 e. The summed E-state index contributed by atoms with van der Waals surface area (Å²) in [5, 5.41) is 19.4. The topological polar surface area (TPSA) is 72.6 Å². The van der Waals surface area contributed by atoms with E-state index in [2.05, 4.69) is 0 Å². The molecule has 0 unspecified atom stereocenters. The van der Waals surface area contributed by atoms with Crippen molar-refractivity contribution in [2.45, 2.75) is 20.0 Å². The molecule has 0 aliphatic carbocycles. The summed E-state index contributed by atoms with van der Waals surface area (Å²) < 4.78 is 5.27. The third kappa shape index (κ3) is 2.92. The lowest BCUT2D eigenvalue weighted by atomic mass is 10.2. The first-order valence-electron chi connectivity index (χ1n) is 4.47. The zero-order chi connectivity index (χ0) is 11.4. The zero-order valence-electron chi connectivity index (χ0n) is 8.51. The van der Waals surface area contributed by atoms with Crippen molar-refractivity contribution in [3.05, 3.63) is 40.5 Å². The second-order valence-corrected chi connectivity index (χ2v) is 3.28. The Kier molecular flexibility index (Phi) is 3.62. The number of aliphatic hydroxyl groups excluding tert-OH is 1. The van der Waals surface area contributed by atoms with E-state index in [1.165, 1.54) is 12.1 Å². The molecule has 0 aliphatic heterocycles. The Labute approximate surface area is 87.5 Å². The average molecular weight is 210 g/mol. The fourth-order valence-corrected chi connectivity index (χ4v) is 1.11. The van der Waals surface area contributed by atoms with Gasteiger partial charge in [0.25, 0.3) is 0 Å². The van der Waals surface area contributed by atoms with Crippen molar-refractivity contribution in [2.24, 2.45) is 0 Å². The fraction of sp³-hybridized carbons (Fsp3) is 0.300. The molecule has 0 aliphatic rings. The third-order valence-electron chi connectivity index (χ3n) is 1.69. The molecule has 5 nitrogen and oxygen atoms in total. The molecule has 0 atom stereocenters. The molecular formula is C10H12NO4. The molecule has 1 aromatic carbocycles. The lowest BCUT2D eigenvalue weighted by Crippen LogP contribution is -2.07. The van der Waals surface area contributed by atoms with Gasteiger partial charge in [-0.15, -0.1) is 0 Å². The Bertz CT molecular complexity index is 362. The lowest BCUT2D eigenvalue weighted by Gasteiger charge is -2.10. The molecule has 0 amide bonds. The summed E-state index contributed by atoms with van der Waals surface area (Å²) in [6.45, 7) is 4.39. The molecule has 0 spiro atoms. The Morgan fingerprint density at radius 2 is 2.20 bits per heavy atom. The van der Waals surface area contributed by atoms with Gasteiger partial charge in [-0.05, 0) is 25.5 Å². The van der Waals surface area contributed by atoms with Gasteiger partial charge in [0.2, 0.25) is 0 Å². The monoisotopic (exact) mass is 210 g/mol. The summed E-state index contributed by atoms with van der Waals surface area (Å²) in [7, 11) is 0. The molecule has 81 valence electrons. The molecular weight excluding hydrogens is 198 g/mol. The van der Waals surface area contributed by atoms with Crippen LogP contribution in [0, 0.1) is 16.7 Å². The molecule has 0 bridgehead atoms. The Balaban J connectivity index is 3.09. The van der Waals surface area contributed by atoms with Crippen LogP contribution in [0.25, 0.3) is 0 Å². The van der Waals surface area contributed by atoms with Crippen LogP contribution in [-0.4, -0.2) is 16.1 Å². The maximum Gasteiger partial charge on any atom is 0.311 e. The fourth-order valence-electron chi connectivity index (χ4n) is 1.11. The first-order valence-corrected chi connectivity index (χ1v) is 4.47. The van der Waals surface area contributed by atoms with E-state index in [-0.39, 0.29) is 17.5 Å². The molecule has 1 N–H and O–H groups in total. The van der Waals surface area contributed by atoms with Gasteiger partial charge in [-0.1, -0.05) is 6.07 Å². The number of hydrogen-bond donors (Lipinski definition) is 1. The Hall–Kier alpha value is -1.62. The molecule has 0 fully saturated rings. The molecule has 0 aromatic heterocycles. The van der Waals surface area contributed by atoms with Crippen LogP contribution in [0.15, 0.2) is 18.2 Å². The van der Waals surface area contributed by atoms with Gasteiger partial charge in [-0.3, -0.25) is 10.1 Å². The van der Waals surface area contributed by atoms with Gasteiger partial charge in [0.15, 0.2) is 5.75 Å². The van der Waals surface area contributed by atoms with Crippen molar-refractivity contribution in [3.63, 3.8) is 0 Å². The van der Waals surface area contributed by atoms with Crippen LogP contribution < -0.4 is 4.74 Å². The van der Waals surface area contributed by atoms with E-state index >= 15 is 0 Å². The van der Waals surface area contributed by atoms with Crippen LogP contribution in [0.3, 0.4) is 0 Å². The van der Waals surface area contributed by atoms with Gasteiger partial charge in [-0.25, -0.2) is 0 Å². The Morgan fingerprint density at radius 1 is 1.53 bits per heavy atom. The van der Waals surface area contributed by atoms with Crippen LogP contribution in [0.1, 0.15) is 19.4 Å². The highest BCUT2D eigenvalue weighted by Gasteiger charge is 2.16. The smallest absolute Gasteiger partial charge is 0.311 e. The number of nitro groups is 1. The maximum atomic E-state index is 10.7. The minimum atomic E-state index is -0.537. The zero-order valence-corrected chi connectivity index (χ0v) is 8.51. The van der Waals surface area contributed by atoms with Crippen molar-refractivity contribution in [3.8, 4) is 5.75 Å². The maximum absolute atomic E-state index is 10.7. The summed E-state index contributed by atoms with van der Waals surface area (Å²) >= 11 is 0. The standard InChI is InChI=1S/C10H12NO4/c1-7(2)15-10-4-3-8(6-12)5-9(10)11(13)14/h3-7,12H,1-2H3. The predicted molar refractivity (Wildman–Crippen MR) is 54.2 cm³/mol. The SMILES string of the molecule is CC(C)Oc1ccc([CH]O)cc1[N+](=O)[O-]. The highest BCUT2D eigenvalue weighted by Crippen LogP contribution is 2.28. The highest BCUT2D eigenvalue weighted by molar-refractivity contribution is 5.49. The molecule has 1 aromatic rings. The van der Waals surface area contributed by atoms with E-state index in [1.807, 2.05) is 0 Å². The van der Waals surface area contributed by atoms with Crippen molar-refractivity contribution in [1.29, 1.82) is 0 Å². The lowest BCUT2D eigenvalue weighted by molar-refractivity contribution is -0.386. The second-order valence-electron chi connectivity index (χ2n) is 3.28. The van der Waals surface area contributed by atoms with Crippen molar-refractivity contribution >= 4 is 5.69 Å². The average Bonchev–Trinajstić information content (AvgIpc) is 2.17. The van der Waals surface area contributed by atoms with E-state index in [9.17, 15) is 10.1 Å². The summed E-state index contributed by atoms with van der Waals surface area (Å²) in [5.41, 5.74) is 0.226. The quantitative estimate of drug-likeness (QED) is 0.611. The van der Waals surface area contributed by atoms with Gasteiger partial charge in [-0.2, -0.15) is 0 Å². The van der Waals surface area contributed by atoms with Crippen LogP contribution in [0.5, 0.6) is 5.75 Å². The van der Waals surface area contributed by atoms with Crippen molar-refractivity contribution < 1.29 is 14.8 Å². The number of hydrogen-bond acceptors (Lipinski definition) is 4. The molecule has 0 saturated heterocycles. The van der Waals surface area contributed by atoms with E-state index in [1.54, 1.807) is 19.9 Å². The number of benzene rings is 1. The van der Waals surface area contributed by atoms with Crippen LogP contribution in [0.4, 0.5) is 5.69 Å². The van der Waals surface area contributed by atoms with Crippen molar-refractivity contribution in [2.75, 3.05) is 0 Å². The van der Waals surface area contributed by atoms with Gasteiger partial charge < -0.3 is 9.84 Å². The summed E-state index contributed by atoms with van der Waals surface area (Å²) in [4.78, 5) is 10.2. The van der Waals surface area contributed by atoms with E-state index in [0.717, 1.165) is 6.61 Å². The van der Waals surface area contributed by atoms with Gasteiger partial charge in [0, 0.05) is 6.07 Å². The van der Waals surface area contributed by atoms with E-state index in [4.69, 9.17) is 9.84 Å². The number of nitrogens with zero attached hydrogens (tertiary/aromatic N) is 1. The predicted octanol–water partition coefficient (Wildman–Crippen LogP) is 2.26. The van der Waals surface area contributed by atoms with Gasteiger partial charge in [0.1, 0.15) is 6.61 Å². The molecule has 5 heteroatoms. The molecule has 1 rings (SSSR count). The molecule has 15 heavy (non-hydrogen) atoms. The highest BCUT2D eigenvalue weighted by atomic mass is 16.6. The normalized spacial score (nSPS) is 10.4.